The molecule has 0 saturated carbocycles. The van der Waals surface area contributed by atoms with Crippen molar-refractivity contribution in [2.75, 3.05) is 26.2 Å². The maximum absolute atomic E-state index is 10.2. The topological polar surface area (TPSA) is 45.6 Å². The van der Waals surface area contributed by atoms with Crippen molar-refractivity contribution in [1.29, 1.82) is 0 Å². The summed E-state index contributed by atoms with van der Waals surface area (Å²) in [6.07, 6.45) is 6.87. The number of benzene rings is 1. The molecule has 1 aliphatic rings. The molecular weight excluding hydrogens is 288 g/mol. The monoisotopic (exact) mass is 312 g/mol. The van der Waals surface area contributed by atoms with Crippen LogP contribution in [0, 0.1) is 0 Å². The van der Waals surface area contributed by atoms with Gasteiger partial charge in [0, 0.05) is 24.5 Å². The van der Waals surface area contributed by atoms with Gasteiger partial charge in [-0.05, 0) is 49.7 Å². The lowest BCUT2D eigenvalue weighted by molar-refractivity contribution is 0.0619. The zero-order chi connectivity index (χ0) is 15.9. The third kappa shape index (κ3) is 4.53. The molecule has 3 rings (SSSR count). The van der Waals surface area contributed by atoms with Crippen LogP contribution in [0.4, 0.5) is 0 Å². The number of nitrogens with zero attached hydrogens (tertiary/aromatic N) is 2. The molecular formula is C19H24N2O2. The van der Waals surface area contributed by atoms with E-state index in [0.29, 0.717) is 13.2 Å². The zero-order valence-electron chi connectivity index (χ0n) is 13.4. The molecule has 0 unspecified atom stereocenters. The molecule has 4 nitrogen and oxygen atoms in total. The van der Waals surface area contributed by atoms with E-state index in [1.807, 2.05) is 36.4 Å². The second-order valence-electron chi connectivity index (χ2n) is 6.06. The van der Waals surface area contributed by atoms with Gasteiger partial charge in [0.05, 0.1) is 0 Å². The van der Waals surface area contributed by atoms with E-state index in [0.717, 1.165) is 30.0 Å². The summed E-state index contributed by atoms with van der Waals surface area (Å²) in [7, 11) is 0. The van der Waals surface area contributed by atoms with E-state index in [1.165, 1.54) is 19.3 Å². The van der Waals surface area contributed by atoms with Crippen molar-refractivity contribution in [3.05, 3.63) is 48.8 Å². The molecule has 1 aromatic carbocycles. The predicted octanol–water partition coefficient (Wildman–Crippen LogP) is 2.97. The lowest BCUT2D eigenvalue weighted by Crippen LogP contribution is -2.38. The van der Waals surface area contributed by atoms with E-state index in [2.05, 4.69) is 9.88 Å². The standard InChI is InChI=1S/C19H24N2O2/c22-17(14-21-12-4-1-5-13-21)15-23-19-7-3-2-6-18(19)16-8-10-20-11-9-16/h2-3,6-11,17,22H,1,4-5,12-15H2/t17-/m1/s1. The summed E-state index contributed by atoms with van der Waals surface area (Å²) in [4.78, 5) is 6.38. The van der Waals surface area contributed by atoms with Crippen molar-refractivity contribution < 1.29 is 9.84 Å². The van der Waals surface area contributed by atoms with Gasteiger partial charge < -0.3 is 14.7 Å². The Morgan fingerprint density at radius 1 is 1.04 bits per heavy atom. The number of piperidine rings is 1. The van der Waals surface area contributed by atoms with Gasteiger partial charge in [-0.25, -0.2) is 0 Å². The van der Waals surface area contributed by atoms with Gasteiger partial charge in [0.1, 0.15) is 18.5 Å². The molecule has 122 valence electrons. The maximum atomic E-state index is 10.2. The fraction of sp³-hybridized carbons (Fsp3) is 0.421. The van der Waals surface area contributed by atoms with E-state index < -0.39 is 6.10 Å². The van der Waals surface area contributed by atoms with E-state index in [1.54, 1.807) is 12.4 Å². The van der Waals surface area contributed by atoms with Gasteiger partial charge in [-0.15, -0.1) is 0 Å². The Hall–Kier alpha value is -1.91. The first kappa shape index (κ1) is 16.0. The highest BCUT2D eigenvalue weighted by Gasteiger charge is 2.15. The van der Waals surface area contributed by atoms with Crippen LogP contribution in [0.15, 0.2) is 48.8 Å². The average Bonchev–Trinajstić information content (AvgIpc) is 2.62. The first-order valence-corrected chi connectivity index (χ1v) is 8.35. The number of rotatable bonds is 6. The normalized spacial score (nSPS) is 16.9. The second-order valence-corrected chi connectivity index (χ2v) is 6.06. The lowest BCUT2D eigenvalue weighted by atomic mass is 10.1. The number of aliphatic hydroxyl groups is 1. The van der Waals surface area contributed by atoms with E-state index >= 15 is 0 Å². The third-order valence-corrected chi connectivity index (χ3v) is 4.23. The Balaban J connectivity index is 1.60. The number of ether oxygens (including phenoxy) is 1. The van der Waals surface area contributed by atoms with Crippen LogP contribution in [0.1, 0.15) is 19.3 Å². The van der Waals surface area contributed by atoms with Crippen LogP contribution in [-0.2, 0) is 0 Å². The minimum atomic E-state index is -0.460. The smallest absolute Gasteiger partial charge is 0.127 e. The summed E-state index contributed by atoms with van der Waals surface area (Å²) in [5, 5.41) is 10.2. The molecule has 1 atom stereocenters. The quantitative estimate of drug-likeness (QED) is 0.891. The molecule has 1 saturated heterocycles. The summed E-state index contributed by atoms with van der Waals surface area (Å²) < 4.78 is 5.90. The molecule has 2 aromatic rings. The van der Waals surface area contributed by atoms with Crippen molar-refractivity contribution in [3.8, 4) is 16.9 Å². The Morgan fingerprint density at radius 2 is 1.78 bits per heavy atom. The van der Waals surface area contributed by atoms with Gasteiger partial charge in [-0.3, -0.25) is 4.98 Å². The Morgan fingerprint density at radius 3 is 2.57 bits per heavy atom. The number of para-hydroxylation sites is 1. The van der Waals surface area contributed by atoms with Crippen LogP contribution in [-0.4, -0.2) is 47.3 Å². The maximum Gasteiger partial charge on any atom is 0.127 e. The molecule has 4 heteroatoms. The summed E-state index contributed by atoms with van der Waals surface area (Å²) in [5.74, 6) is 0.802. The van der Waals surface area contributed by atoms with Crippen molar-refractivity contribution in [1.82, 2.24) is 9.88 Å². The fourth-order valence-corrected chi connectivity index (χ4v) is 3.04. The Kier molecular flexibility index (Phi) is 5.61. The molecule has 1 N–H and O–H groups in total. The summed E-state index contributed by atoms with van der Waals surface area (Å²) >= 11 is 0. The fourth-order valence-electron chi connectivity index (χ4n) is 3.04. The zero-order valence-corrected chi connectivity index (χ0v) is 13.4. The van der Waals surface area contributed by atoms with Crippen LogP contribution >= 0.6 is 0 Å². The third-order valence-electron chi connectivity index (χ3n) is 4.23. The van der Waals surface area contributed by atoms with Gasteiger partial charge in [-0.2, -0.15) is 0 Å². The number of hydrogen-bond donors (Lipinski definition) is 1. The SMILES string of the molecule is O[C@@H](COc1ccccc1-c1ccncc1)CN1CCCCC1. The highest BCUT2D eigenvalue weighted by Crippen LogP contribution is 2.29. The number of aliphatic hydroxyl groups excluding tert-OH is 1. The van der Waals surface area contributed by atoms with Crippen LogP contribution in [0.3, 0.4) is 0 Å². The molecule has 2 heterocycles. The molecule has 0 bridgehead atoms. The van der Waals surface area contributed by atoms with Crippen LogP contribution < -0.4 is 4.74 Å². The van der Waals surface area contributed by atoms with Crippen molar-refractivity contribution in [2.24, 2.45) is 0 Å². The molecule has 1 fully saturated rings. The molecule has 0 radical (unpaired) electrons. The van der Waals surface area contributed by atoms with E-state index in [9.17, 15) is 5.11 Å². The lowest BCUT2D eigenvalue weighted by Gasteiger charge is -2.28. The Labute approximate surface area is 137 Å². The molecule has 0 amide bonds. The summed E-state index contributed by atoms with van der Waals surface area (Å²) in [5.41, 5.74) is 2.10. The van der Waals surface area contributed by atoms with Crippen molar-refractivity contribution in [3.63, 3.8) is 0 Å². The number of likely N-dealkylation sites (tertiary alicyclic amines) is 1. The molecule has 1 aliphatic heterocycles. The number of pyridine rings is 1. The predicted molar refractivity (Wildman–Crippen MR) is 91.5 cm³/mol. The van der Waals surface area contributed by atoms with Gasteiger partial charge in [0.25, 0.3) is 0 Å². The number of aromatic nitrogens is 1. The van der Waals surface area contributed by atoms with Crippen LogP contribution in [0.25, 0.3) is 11.1 Å². The van der Waals surface area contributed by atoms with Crippen LogP contribution in [0.5, 0.6) is 5.75 Å². The van der Waals surface area contributed by atoms with Crippen molar-refractivity contribution in [2.45, 2.75) is 25.4 Å². The highest BCUT2D eigenvalue weighted by molar-refractivity contribution is 5.69. The van der Waals surface area contributed by atoms with Gasteiger partial charge >= 0.3 is 0 Å². The molecule has 23 heavy (non-hydrogen) atoms. The minimum absolute atomic E-state index is 0.318. The van der Waals surface area contributed by atoms with E-state index in [-0.39, 0.29) is 0 Å². The highest BCUT2D eigenvalue weighted by atomic mass is 16.5. The van der Waals surface area contributed by atoms with Crippen molar-refractivity contribution >= 4 is 0 Å². The summed E-state index contributed by atoms with van der Waals surface area (Å²) in [6.45, 7) is 3.19. The molecule has 0 aliphatic carbocycles. The largest absolute Gasteiger partial charge is 0.490 e. The van der Waals surface area contributed by atoms with Gasteiger partial charge in [0.2, 0.25) is 0 Å². The minimum Gasteiger partial charge on any atom is -0.490 e. The number of β-amino-alcohol motifs (C(OH)–C–C–N with tert-alkyl or cyclic N) is 1. The molecule has 1 aromatic heterocycles. The second kappa shape index (κ2) is 8.09. The van der Waals surface area contributed by atoms with Crippen LogP contribution in [0.2, 0.25) is 0 Å². The van der Waals surface area contributed by atoms with E-state index in [4.69, 9.17) is 4.74 Å². The average molecular weight is 312 g/mol. The Bertz CT molecular complexity index is 597. The van der Waals surface area contributed by atoms with Gasteiger partial charge in [-0.1, -0.05) is 24.6 Å². The van der Waals surface area contributed by atoms with Gasteiger partial charge in [0.15, 0.2) is 0 Å². The summed E-state index contributed by atoms with van der Waals surface area (Å²) in [6, 6.07) is 11.9. The number of hydrogen-bond acceptors (Lipinski definition) is 4. The first-order chi connectivity index (χ1) is 11.3. The molecule has 0 spiro atoms. The first-order valence-electron chi connectivity index (χ1n) is 8.35.